The number of hydrogen-bond donors (Lipinski definition) is 0. The van der Waals surface area contributed by atoms with E-state index >= 15 is 0 Å². The molecular formula is C13H29LiOSi. The Hall–Kier alpha value is 0.774. The van der Waals surface area contributed by atoms with E-state index in [0.29, 0.717) is 5.41 Å². The molecule has 0 aromatic carbocycles. The Kier molecular flexibility index (Phi) is 8.36. The van der Waals surface area contributed by atoms with Gasteiger partial charge >= 0.3 is 113 Å². The summed E-state index contributed by atoms with van der Waals surface area (Å²) in [6, 6.07) is 1.26. The molecule has 92 valence electrons. The summed E-state index contributed by atoms with van der Waals surface area (Å²) < 4.78 is 6.12. The first kappa shape index (κ1) is 16.8. The van der Waals surface area contributed by atoms with Gasteiger partial charge in [-0.15, -0.1) is 0 Å². The SMILES string of the molecule is [Li][CH2]CCCCCO[Si](C)(C)CC(C)(C)C. The second-order valence-corrected chi connectivity index (χ2v) is 10.9. The average molecular weight is 236 g/mol. The summed E-state index contributed by atoms with van der Waals surface area (Å²) >= 11 is 2.26. The predicted octanol–water partition coefficient (Wildman–Crippen LogP) is 4.40. The molecule has 0 aliphatic heterocycles. The quantitative estimate of drug-likeness (QED) is 0.448. The second-order valence-electron chi connectivity index (χ2n) is 6.76. The fourth-order valence-corrected chi connectivity index (χ4v) is 5.74. The summed E-state index contributed by atoms with van der Waals surface area (Å²) in [4.78, 5) is 0. The van der Waals surface area contributed by atoms with Crippen molar-refractivity contribution >= 4 is 26.0 Å². The first-order valence-corrected chi connectivity index (χ1v) is 10.0. The molecule has 0 bridgehead atoms. The fourth-order valence-electron chi connectivity index (χ4n) is 2.38. The van der Waals surface area contributed by atoms with Crippen LogP contribution in [-0.4, -0.2) is 32.6 Å². The van der Waals surface area contributed by atoms with Crippen LogP contribution < -0.4 is 0 Å². The number of unbranched alkanes of at least 4 members (excludes halogenated alkanes) is 3. The first-order chi connectivity index (χ1) is 7.27. The molecule has 0 aliphatic rings. The Morgan fingerprint density at radius 3 is 2.06 bits per heavy atom. The van der Waals surface area contributed by atoms with E-state index in [2.05, 4.69) is 51.6 Å². The maximum absolute atomic E-state index is 6.12. The van der Waals surface area contributed by atoms with Crippen LogP contribution in [0.25, 0.3) is 0 Å². The van der Waals surface area contributed by atoms with Gasteiger partial charge in [-0.05, 0) is 0 Å². The van der Waals surface area contributed by atoms with Crippen molar-refractivity contribution in [3.8, 4) is 0 Å². The van der Waals surface area contributed by atoms with Gasteiger partial charge in [-0.3, -0.25) is 0 Å². The molecule has 0 radical (unpaired) electrons. The summed E-state index contributed by atoms with van der Waals surface area (Å²) in [5, 5.41) is 1.32. The van der Waals surface area contributed by atoms with Crippen molar-refractivity contribution in [1.29, 1.82) is 0 Å². The molecule has 3 heteroatoms. The zero-order valence-corrected chi connectivity index (χ0v) is 13.4. The topological polar surface area (TPSA) is 9.23 Å². The van der Waals surface area contributed by atoms with Crippen molar-refractivity contribution in [3.63, 3.8) is 0 Å². The molecule has 0 atom stereocenters. The van der Waals surface area contributed by atoms with Gasteiger partial charge in [0, 0.05) is 0 Å². The molecule has 0 aromatic rings. The molecule has 0 aromatic heterocycles. The average Bonchev–Trinajstić information content (AvgIpc) is 2.06. The van der Waals surface area contributed by atoms with Crippen LogP contribution in [0.4, 0.5) is 0 Å². The molecule has 16 heavy (non-hydrogen) atoms. The zero-order valence-electron chi connectivity index (χ0n) is 12.4. The molecule has 0 rings (SSSR count). The minimum absolute atomic E-state index is 0.415. The van der Waals surface area contributed by atoms with Gasteiger partial charge in [0.15, 0.2) is 0 Å². The third-order valence-corrected chi connectivity index (χ3v) is 5.59. The van der Waals surface area contributed by atoms with Gasteiger partial charge < -0.3 is 0 Å². The predicted molar refractivity (Wildman–Crippen MR) is 76.7 cm³/mol. The normalized spacial score (nSPS) is 13.2. The van der Waals surface area contributed by atoms with Crippen LogP contribution in [0.3, 0.4) is 0 Å². The van der Waals surface area contributed by atoms with E-state index in [1.807, 2.05) is 0 Å². The number of rotatable bonds is 8. The van der Waals surface area contributed by atoms with Crippen LogP contribution in [0.15, 0.2) is 0 Å². The van der Waals surface area contributed by atoms with Gasteiger partial charge in [0.2, 0.25) is 0 Å². The molecule has 0 fully saturated rings. The molecule has 0 N–H and O–H groups in total. The molecule has 1 nitrogen and oxygen atoms in total. The third kappa shape index (κ3) is 11.3. The fraction of sp³-hybridized carbons (Fsp3) is 1.00. The van der Waals surface area contributed by atoms with Crippen LogP contribution >= 0.6 is 0 Å². The molecule has 0 unspecified atom stereocenters. The Bertz CT molecular complexity index is 175. The molecule has 0 aliphatic carbocycles. The van der Waals surface area contributed by atoms with Gasteiger partial charge in [-0.25, -0.2) is 0 Å². The van der Waals surface area contributed by atoms with E-state index in [1.54, 1.807) is 0 Å². The van der Waals surface area contributed by atoms with Crippen LogP contribution in [0, 0.1) is 5.41 Å². The molecule has 0 amide bonds. The Labute approximate surface area is 113 Å². The summed E-state index contributed by atoms with van der Waals surface area (Å²) in [7, 11) is -1.41. The Morgan fingerprint density at radius 2 is 1.56 bits per heavy atom. The van der Waals surface area contributed by atoms with Crippen molar-refractivity contribution in [2.24, 2.45) is 5.41 Å². The standard InChI is InChI=1S/C13H29OSi.Li/c1-7-8-9-10-11-14-15(5,6)12-13(2,3)4;/h1,7-12H2,2-6H3;. The van der Waals surface area contributed by atoms with Crippen molar-refractivity contribution in [3.05, 3.63) is 0 Å². The van der Waals surface area contributed by atoms with Gasteiger partial charge in [0.1, 0.15) is 0 Å². The molecule has 0 saturated heterocycles. The van der Waals surface area contributed by atoms with Gasteiger partial charge in [0.25, 0.3) is 0 Å². The van der Waals surface area contributed by atoms with E-state index < -0.39 is 8.32 Å². The Morgan fingerprint density at radius 1 is 1.00 bits per heavy atom. The van der Waals surface area contributed by atoms with E-state index in [-0.39, 0.29) is 0 Å². The van der Waals surface area contributed by atoms with Crippen molar-refractivity contribution in [2.45, 2.75) is 70.7 Å². The van der Waals surface area contributed by atoms with Crippen LogP contribution in [0.1, 0.15) is 46.5 Å². The van der Waals surface area contributed by atoms with Crippen molar-refractivity contribution in [2.75, 3.05) is 6.61 Å². The van der Waals surface area contributed by atoms with Crippen molar-refractivity contribution in [1.82, 2.24) is 0 Å². The summed E-state index contributed by atoms with van der Waals surface area (Å²) in [5.74, 6) is 0. The molecule has 0 spiro atoms. The van der Waals surface area contributed by atoms with Crippen LogP contribution in [0.5, 0.6) is 0 Å². The van der Waals surface area contributed by atoms with Crippen LogP contribution in [-0.2, 0) is 4.43 Å². The van der Waals surface area contributed by atoms with E-state index in [1.165, 1.54) is 36.8 Å². The van der Waals surface area contributed by atoms with E-state index in [9.17, 15) is 0 Å². The monoisotopic (exact) mass is 236 g/mol. The molecule has 0 saturated carbocycles. The Balaban J connectivity index is 3.58. The summed E-state index contributed by atoms with van der Waals surface area (Å²) in [6.07, 6.45) is 5.35. The van der Waals surface area contributed by atoms with Gasteiger partial charge in [-0.2, -0.15) is 0 Å². The minimum atomic E-state index is -1.41. The van der Waals surface area contributed by atoms with E-state index in [0.717, 1.165) is 6.61 Å². The maximum atomic E-state index is 6.12. The van der Waals surface area contributed by atoms with E-state index in [4.69, 9.17) is 4.43 Å². The summed E-state index contributed by atoms with van der Waals surface area (Å²) in [5.41, 5.74) is 0.415. The van der Waals surface area contributed by atoms with Crippen LogP contribution in [0.2, 0.25) is 24.2 Å². The summed E-state index contributed by atoms with van der Waals surface area (Å²) in [6.45, 7) is 12.6. The third-order valence-electron chi connectivity index (χ3n) is 2.70. The zero-order chi connectivity index (χ0) is 12.7. The van der Waals surface area contributed by atoms with Gasteiger partial charge in [-0.1, -0.05) is 0 Å². The first-order valence-electron chi connectivity index (χ1n) is 6.91. The second kappa shape index (κ2) is 7.98. The molecule has 0 heterocycles. The molecular weight excluding hydrogens is 207 g/mol. The number of hydrogen-bond acceptors (Lipinski definition) is 1. The van der Waals surface area contributed by atoms with Crippen molar-refractivity contribution < 1.29 is 4.43 Å². The van der Waals surface area contributed by atoms with Gasteiger partial charge in [0.05, 0.1) is 0 Å².